The molecule has 0 amide bonds. The minimum absolute atomic E-state index is 0.661. The van der Waals surface area contributed by atoms with Crippen molar-refractivity contribution >= 4 is 0 Å². The molecule has 0 bridgehead atoms. The second kappa shape index (κ2) is 3.44. The van der Waals surface area contributed by atoms with Gasteiger partial charge in [-0.25, -0.2) is 0 Å². The largest absolute Gasteiger partial charge is 0.316 e. The maximum Gasteiger partial charge on any atom is 0.0295 e. The van der Waals surface area contributed by atoms with Crippen molar-refractivity contribution in [1.82, 2.24) is 15.5 Å². The van der Waals surface area contributed by atoms with Gasteiger partial charge in [0, 0.05) is 37.1 Å². The molecule has 3 aliphatic heterocycles. The molecule has 0 aromatic heterocycles. The summed E-state index contributed by atoms with van der Waals surface area (Å²) in [5, 5.41) is 7.33. The number of nitrogens with one attached hydrogen (secondary N) is 2. The van der Waals surface area contributed by atoms with Crippen LogP contribution < -0.4 is 10.6 Å². The first-order chi connectivity index (χ1) is 7.90. The lowest BCUT2D eigenvalue weighted by Crippen LogP contribution is -2.60. The zero-order valence-electron chi connectivity index (χ0n) is 10.0. The number of hydrogen-bond donors (Lipinski definition) is 2. The molecule has 4 atom stereocenters. The Hall–Kier alpha value is -0.120. The van der Waals surface area contributed by atoms with Crippen molar-refractivity contribution in [2.45, 2.75) is 37.8 Å². The molecule has 1 saturated carbocycles. The molecule has 90 valence electrons. The van der Waals surface area contributed by atoms with Crippen LogP contribution >= 0.6 is 0 Å². The summed E-state index contributed by atoms with van der Waals surface area (Å²) in [5.74, 6) is 1.04. The van der Waals surface area contributed by atoms with Crippen LogP contribution in [0.3, 0.4) is 0 Å². The van der Waals surface area contributed by atoms with Gasteiger partial charge in [-0.05, 0) is 44.7 Å². The highest BCUT2D eigenvalue weighted by atomic mass is 15.3. The first-order valence-electron chi connectivity index (χ1n) is 7.07. The molecule has 2 N–H and O–H groups in total. The fraction of sp³-hybridized carbons (Fsp3) is 1.00. The van der Waals surface area contributed by atoms with Crippen molar-refractivity contribution in [2.24, 2.45) is 11.3 Å². The first-order valence-corrected chi connectivity index (χ1v) is 7.07. The summed E-state index contributed by atoms with van der Waals surface area (Å²) in [5.41, 5.74) is 0.661. The quantitative estimate of drug-likeness (QED) is 0.672. The van der Waals surface area contributed by atoms with Crippen LogP contribution in [0.4, 0.5) is 0 Å². The van der Waals surface area contributed by atoms with Gasteiger partial charge >= 0.3 is 0 Å². The van der Waals surface area contributed by atoms with E-state index in [9.17, 15) is 0 Å². The second-order valence-electron chi connectivity index (χ2n) is 6.31. The zero-order chi connectivity index (χ0) is 10.6. The van der Waals surface area contributed by atoms with E-state index in [1.807, 2.05) is 0 Å². The Morgan fingerprint density at radius 3 is 3.06 bits per heavy atom. The second-order valence-corrected chi connectivity index (χ2v) is 6.31. The molecule has 4 aliphatic rings. The number of rotatable bonds is 1. The van der Waals surface area contributed by atoms with Crippen LogP contribution in [0.1, 0.15) is 25.7 Å². The molecule has 4 rings (SSSR count). The lowest BCUT2D eigenvalue weighted by atomic mass is 9.87. The number of fused-ring (bicyclic) bond motifs is 2. The van der Waals surface area contributed by atoms with Crippen molar-refractivity contribution in [3.05, 3.63) is 0 Å². The predicted molar refractivity (Wildman–Crippen MR) is 64.4 cm³/mol. The van der Waals surface area contributed by atoms with Crippen molar-refractivity contribution in [2.75, 3.05) is 32.7 Å². The van der Waals surface area contributed by atoms with E-state index in [0.29, 0.717) is 5.41 Å². The van der Waals surface area contributed by atoms with Crippen LogP contribution in [0.15, 0.2) is 0 Å². The Kier molecular flexibility index (Phi) is 2.12. The van der Waals surface area contributed by atoms with Gasteiger partial charge in [-0.2, -0.15) is 0 Å². The monoisotopic (exact) mass is 221 g/mol. The van der Waals surface area contributed by atoms with E-state index in [0.717, 1.165) is 18.0 Å². The summed E-state index contributed by atoms with van der Waals surface area (Å²) >= 11 is 0. The standard InChI is InChI=1S/C13H23N3/c1-2-11-7-15-8-12(16(11)5-1)13-6-10(13)3-4-14-9-13/h10-12,14-15H,1-9H2. The van der Waals surface area contributed by atoms with Gasteiger partial charge in [-0.1, -0.05) is 0 Å². The van der Waals surface area contributed by atoms with E-state index in [-0.39, 0.29) is 0 Å². The van der Waals surface area contributed by atoms with Crippen LogP contribution in [0.5, 0.6) is 0 Å². The van der Waals surface area contributed by atoms with E-state index in [1.54, 1.807) is 0 Å². The van der Waals surface area contributed by atoms with Gasteiger partial charge in [0.15, 0.2) is 0 Å². The fourth-order valence-electron chi connectivity index (χ4n) is 4.65. The highest BCUT2D eigenvalue weighted by Gasteiger charge is 2.61. The van der Waals surface area contributed by atoms with E-state index in [1.165, 1.54) is 58.4 Å². The maximum absolute atomic E-state index is 3.69. The number of piperazine rings is 1. The van der Waals surface area contributed by atoms with Gasteiger partial charge in [0.05, 0.1) is 0 Å². The van der Waals surface area contributed by atoms with E-state index in [4.69, 9.17) is 0 Å². The molecule has 3 saturated heterocycles. The summed E-state index contributed by atoms with van der Waals surface area (Å²) < 4.78 is 0. The Morgan fingerprint density at radius 1 is 1.12 bits per heavy atom. The Morgan fingerprint density at radius 2 is 2.12 bits per heavy atom. The average Bonchev–Trinajstić information content (AvgIpc) is 2.88. The third-order valence-corrected chi connectivity index (χ3v) is 5.61. The van der Waals surface area contributed by atoms with Crippen LogP contribution in [-0.4, -0.2) is 49.7 Å². The highest BCUT2D eigenvalue weighted by Crippen LogP contribution is 2.59. The van der Waals surface area contributed by atoms with Crippen molar-refractivity contribution in [1.29, 1.82) is 0 Å². The third-order valence-electron chi connectivity index (χ3n) is 5.61. The van der Waals surface area contributed by atoms with Gasteiger partial charge < -0.3 is 10.6 Å². The Bertz CT molecular complexity index is 293. The molecule has 0 spiro atoms. The highest BCUT2D eigenvalue weighted by molar-refractivity contribution is 5.15. The van der Waals surface area contributed by atoms with Crippen LogP contribution in [0.2, 0.25) is 0 Å². The minimum atomic E-state index is 0.661. The first kappa shape index (κ1) is 9.86. The van der Waals surface area contributed by atoms with E-state index < -0.39 is 0 Å². The molecule has 1 aliphatic carbocycles. The molecule has 0 aromatic rings. The molecule has 4 unspecified atom stereocenters. The zero-order valence-corrected chi connectivity index (χ0v) is 10.0. The number of nitrogens with zero attached hydrogens (tertiary/aromatic N) is 1. The Balaban J connectivity index is 1.58. The normalized spacial score (nSPS) is 52.1. The maximum atomic E-state index is 3.69. The van der Waals surface area contributed by atoms with E-state index >= 15 is 0 Å². The SMILES string of the molecule is C1CC2CNCC(C34CNCCC3C4)N2C1. The lowest BCUT2D eigenvalue weighted by molar-refractivity contribution is 0.0674. The minimum Gasteiger partial charge on any atom is -0.316 e. The van der Waals surface area contributed by atoms with Crippen LogP contribution in [-0.2, 0) is 0 Å². The van der Waals surface area contributed by atoms with E-state index in [2.05, 4.69) is 15.5 Å². The van der Waals surface area contributed by atoms with Gasteiger partial charge in [0.25, 0.3) is 0 Å². The van der Waals surface area contributed by atoms with Crippen molar-refractivity contribution < 1.29 is 0 Å². The van der Waals surface area contributed by atoms with Crippen LogP contribution in [0.25, 0.3) is 0 Å². The van der Waals surface area contributed by atoms with Crippen LogP contribution in [0, 0.1) is 11.3 Å². The average molecular weight is 221 g/mol. The summed E-state index contributed by atoms with van der Waals surface area (Å²) in [6.07, 6.45) is 5.78. The number of piperidine rings is 1. The summed E-state index contributed by atoms with van der Waals surface area (Å²) in [6.45, 7) is 6.40. The molecular weight excluding hydrogens is 198 g/mol. The summed E-state index contributed by atoms with van der Waals surface area (Å²) in [7, 11) is 0. The lowest BCUT2D eigenvalue weighted by Gasteiger charge is -2.44. The molecular formula is C13H23N3. The van der Waals surface area contributed by atoms with Gasteiger partial charge in [0.2, 0.25) is 0 Å². The number of hydrogen-bond acceptors (Lipinski definition) is 3. The molecule has 0 radical (unpaired) electrons. The summed E-state index contributed by atoms with van der Waals surface area (Å²) in [4.78, 5) is 2.85. The smallest absolute Gasteiger partial charge is 0.0295 e. The third kappa shape index (κ3) is 1.25. The van der Waals surface area contributed by atoms with Gasteiger partial charge in [-0.3, -0.25) is 4.90 Å². The molecule has 3 heteroatoms. The molecule has 16 heavy (non-hydrogen) atoms. The van der Waals surface area contributed by atoms with Crippen molar-refractivity contribution in [3.8, 4) is 0 Å². The summed E-state index contributed by atoms with van der Waals surface area (Å²) in [6, 6.07) is 1.70. The molecule has 3 heterocycles. The Labute approximate surface area is 98.0 Å². The molecule has 4 fully saturated rings. The molecule has 3 nitrogen and oxygen atoms in total. The van der Waals surface area contributed by atoms with Gasteiger partial charge in [-0.15, -0.1) is 0 Å². The van der Waals surface area contributed by atoms with Crippen molar-refractivity contribution in [3.63, 3.8) is 0 Å². The topological polar surface area (TPSA) is 27.3 Å². The predicted octanol–water partition coefficient (Wildman–Crippen LogP) is 0.422. The molecule has 0 aromatic carbocycles. The fourth-order valence-corrected chi connectivity index (χ4v) is 4.65. The van der Waals surface area contributed by atoms with Gasteiger partial charge in [0.1, 0.15) is 0 Å².